The quantitative estimate of drug-likeness (QED) is 0.711. The Morgan fingerprint density at radius 3 is 2.35 bits per heavy atom. The van der Waals surface area contributed by atoms with Crippen LogP contribution in [0, 0.1) is 0 Å². The number of carbonyl (C=O) groups excluding carboxylic acids is 1. The van der Waals surface area contributed by atoms with Crippen LogP contribution >= 0.6 is 15.9 Å². The van der Waals surface area contributed by atoms with Crippen LogP contribution in [0.25, 0.3) is 0 Å². The summed E-state index contributed by atoms with van der Waals surface area (Å²) in [5.41, 5.74) is 0. The highest BCUT2D eigenvalue weighted by molar-refractivity contribution is 9.10. The first-order valence-corrected chi connectivity index (χ1v) is 6.74. The summed E-state index contributed by atoms with van der Waals surface area (Å²) in [5.74, 6) is -1.69. The molecule has 0 aliphatic rings. The summed E-state index contributed by atoms with van der Waals surface area (Å²) in [6.07, 6.45) is 0. The summed E-state index contributed by atoms with van der Waals surface area (Å²) in [5, 5.41) is 19.2. The number of hydrogen-bond donors (Lipinski definition) is 2. The van der Waals surface area contributed by atoms with Crippen LogP contribution in [0.5, 0.6) is 0 Å². The van der Waals surface area contributed by atoms with E-state index in [1.54, 1.807) is 0 Å². The zero-order valence-corrected chi connectivity index (χ0v) is 10.9. The summed E-state index contributed by atoms with van der Waals surface area (Å²) in [4.78, 5) is 10.4. The van der Waals surface area contributed by atoms with Crippen molar-refractivity contribution in [2.45, 2.75) is 10.9 Å². The minimum Gasteiger partial charge on any atom is -0.548 e. The number of aliphatic carboxylic acids is 1. The fourth-order valence-corrected chi connectivity index (χ4v) is 2.47. The summed E-state index contributed by atoms with van der Waals surface area (Å²) in [6.45, 7) is -0.877. The van der Waals surface area contributed by atoms with E-state index in [1.165, 1.54) is 24.3 Å². The average molecular weight is 323 g/mol. The van der Waals surface area contributed by atoms with E-state index in [0.29, 0.717) is 4.47 Å². The molecule has 6 nitrogen and oxygen atoms in total. The van der Waals surface area contributed by atoms with E-state index >= 15 is 0 Å². The highest BCUT2D eigenvalue weighted by Crippen LogP contribution is 2.14. The minimum atomic E-state index is -3.99. The van der Waals surface area contributed by atoms with Gasteiger partial charge in [-0.25, -0.2) is 13.1 Å². The van der Waals surface area contributed by atoms with E-state index in [0.717, 1.165) is 0 Å². The van der Waals surface area contributed by atoms with Crippen LogP contribution in [0.4, 0.5) is 0 Å². The van der Waals surface area contributed by atoms with Gasteiger partial charge in [0.1, 0.15) is 0 Å². The van der Waals surface area contributed by atoms with E-state index in [1.807, 2.05) is 4.72 Å². The Labute approximate surface area is 106 Å². The number of halogens is 1. The van der Waals surface area contributed by atoms with Gasteiger partial charge in [0.25, 0.3) is 0 Å². The fraction of sp³-hybridized carbons (Fsp3) is 0.222. The smallest absolute Gasteiger partial charge is 0.241 e. The molecule has 0 aliphatic carbocycles. The van der Waals surface area contributed by atoms with Crippen molar-refractivity contribution in [3.05, 3.63) is 28.7 Å². The molecule has 1 aromatic carbocycles. The van der Waals surface area contributed by atoms with Crippen molar-refractivity contribution in [3.63, 3.8) is 0 Å². The zero-order valence-electron chi connectivity index (χ0n) is 8.46. The molecule has 1 aromatic rings. The standard InChI is InChI=1S/C9H10BrNO5S/c10-6-1-3-7(4-2-6)17(15,16)11-8(5-12)9(13)14/h1-4,8,11-12H,5H2,(H,13,14)/p-1/t8-/m0/s1. The van der Waals surface area contributed by atoms with Crippen LogP contribution < -0.4 is 9.83 Å². The molecule has 0 radical (unpaired) electrons. The number of carbonyl (C=O) groups is 1. The number of carboxylic acids is 1. The molecule has 0 amide bonds. The molecular weight excluding hydrogens is 314 g/mol. The van der Waals surface area contributed by atoms with Gasteiger partial charge in [0.2, 0.25) is 10.0 Å². The van der Waals surface area contributed by atoms with Gasteiger partial charge in [-0.3, -0.25) is 0 Å². The van der Waals surface area contributed by atoms with Gasteiger partial charge in [0.05, 0.1) is 23.5 Å². The van der Waals surface area contributed by atoms with Crippen molar-refractivity contribution in [1.29, 1.82) is 0 Å². The third kappa shape index (κ3) is 3.77. The molecule has 0 saturated carbocycles. The third-order valence-corrected chi connectivity index (χ3v) is 3.90. The molecule has 0 heterocycles. The van der Waals surface area contributed by atoms with Gasteiger partial charge in [-0.05, 0) is 24.3 Å². The first-order chi connectivity index (χ1) is 7.86. The van der Waals surface area contributed by atoms with Gasteiger partial charge in [-0.15, -0.1) is 0 Å². The molecule has 17 heavy (non-hydrogen) atoms. The fourth-order valence-electron chi connectivity index (χ4n) is 1.03. The molecule has 0 saturated heterocycles. The van der Waals surface area contributed by atoms with Crippen molar-refractivity contribution in [2.75, 3.05) is 6.61 Å². The highest BCUT2D eigenvalue weighted by Gasteiger charge is 2.20. The molecule has 2 N–H and O–H groups in total. The van der Waals surface area contributed by atoms with Crippen LogP contribution in [0.15, 0.2) is 33.6 Å². The van der Waals surface area contributed by atoms with Crippen molar-refractivity contribution in [2.24, 2.45) is 0 Å². The van der Waals surface area contributed by atoms with Gasteiger partial charge in [0.15, 0.2) is 0 Å². The summed E-state index contributed by atoms with van der Waals surface area (Å²) in [6, 6.07) is 3.94. The summed E-state index contributed by atoms with van der Waals surface area (Å²) < 4.78 is 25.9. The average Bonchev–Trinajstić information content (AvgIpc) is 2.26. The van der Waals surface area contributed by atoms with Crippen molar-refractivity contribution in [3.8, 4) is 0 Å². The molecule has 1 rings (SSSR count). The molecule has 0 bridgehead atoms. The molecule has 0 unspecified atom stereocenters. The highest BCUT2D eigenvalue weighted by atomic mass is 79.9. The van der Waals surface area contributed by atoms with Gasteiger partial charge < -0.3 is 15.0 Å². The van der Waals surface area contributed by atoms with E-state index in [4.69, 9.17) is 5.11 Å². The maximum absolute atomic E-state index is 11.7. The number of benzene rings is 1. The number of hydrogen-bond acceptors (Lipinski definition) is 5. The molecule has 0 fully saturated rings. The predicted octanol–water partition coefficient (Wildman–Crippen LogP) is -1.16. The zero-order chi connectivity index (χ0) is 13.1. The van der Waals surface area contributed by atoms with Gasteiger partial charge in [0, 0.05) is 4.47 Å². The normalized spacial score (nSPS) is 13.3. The predicted molar refractivity (Wildman–Crippen MR) is 60.3 cm³/mol. The topological polar surface area (TPSA) is 107 Å². The number of rotatable bonds is 5. The number of nitrogens with one attached hydrogen (secondary N) is 1. The number of sulfonamides is 1. The Bertz CT molecular complexity index is 499. The summed E-state index contributed by atoms with van der Waals surface area (Å²) in [7, 11) is -3.99. The molecule has 94 valence electrons. The van der Waals surface area contributed by atoms with E-state index in [-0.39, 0.29) is 4.90 Å². The van der Waals surface area contributed by atoms with Crippen molar-refractivity contribution >= 4 is 31.9 Å². The molecular formula is C9H9BrNO5S-. The SMILES string of the molecule is O=C([O-])[C@H](CO)NS(=O)(=O)c1ccc(Br)cc1. The largest absolute Gasteiger partial charge is 0.548 e. The molecule has 0 aromatic heterocycles. The lowest BCUT2D eigenvalue weighted by Gasteiger charge is -2.17. The monoisotopic (exact) mass is 322 g/mol. The van der Waals surface area contributed by atoms with E-state index < -0.39 is 28.6 Å². The lowest BCUT2D eigenvalue weighted by Crippen LogP contribution is -2.49. The minimum absolute atomic E-state index is 0.0969. The maximum Gasteiger partial charge on any atom is 0.241 e. The first kappa shape index (κ1) is 14.1. The second-order valence-corrected chi connectivity index (χ2v) is 5.76. The Balaban J connectivity index is 2.96. The van der Waals surface area contributed by atoms with Crippen LogP contribution in [-0.2, 0) is 14.8 Å². The summed E-state index contributed by atoms with van der Waals surface area (Å²) >= 11 is 3.14. The van der Waals surface area contributed by atoms with Crippen molar-refractivity contribution < 1.29 is 23.4 Å². The van der Waals surface area contributed by atoms with Crippen LogP contribution in [0.3, 0.4) is 0 Å². The third-order valence-electron chi connectivity index (χ3n) is 1.89. The lowest BCUT2D eigenvalue weighted by molar-refractivity contribution is -0.308. The van der Waals surface area contributed by atoms with Crippen LogP contribution in [0.2, 0.25) is 0 Å². The Morgan fingerprint density at radius 2 is 1.94 bits per heavy atom. The number of aliphatic hydroxyl groups is 1. The number of aliphatic hydroxyl groups excluding tert-OH is 1. The van der Waals surface area contributed by atoms with Crippen LogP contribution in [-0.4, -0.2) is 32.1 Å². The van der Waals surface area contributed by atoms with Crippen LogP contribution in [0.1, 0.15) is 0 Å². The maximum atomic E-state index is 11.7. The molecule has 0 aliphatic heterocycles. The Hall–Kier alpha value is -0.960. The van der Waals surface area contributed by atoms with Crippen molar-refractivity contribution in [1.82, 2.24) is 4.72 Å². The Kier molecular flexibility index (Phi) is 4.63. The van der Waals surface area contributed by atoms with E-state index in [2.05, 4.69) is 15.9 Å². The second kappa shape index (κ2) is 5.58. The lowest BCUT2D eigenvalue weighted by atomic mass is 10.3. The van der Waals surface area contributed by atoms with Gasteiger partial charge >= 0.3 is 0 Å². The number of carboxylic acid groups (broad SMARTS) is 1. The van der Waals surface area contributed by atoms with Gasteiger partial charge in [-0.1, -0.05) is 15.9 Å². The van der Waals surface area contributed by atoms with Gasteiger partial charge in [-0.2, -0.15) is 0 Å². The Morgan fingerprint density at radius 1 is 1.41 bits per heavy atom. The van der Waals surface area contributed by atoms with E-state index in [9.17, 15) is 18.3 Å². The first-order valence-electron chi connectivity index (χ1n) is 4.46. The molecule has 1 atom stereocenters. The molecule has 8 heteroatoms. The second-order valence-electron chi connectivity index (χ2n) is 3.13. The molecule has 0 spiro atoms.